The Morgan fingerprint density at radius 2 is 1.55 bits per heavy atom. The van der Waals surface area contributed by atoms with Crippen molar-refractivity contribution in [2.24, 2.45) is 0 Å². The first-order valence-corrected chi connectivity index (χ1v) is 11.0. The molecule has 2 aliphatic rings. The average Bonchev–Trinajstić information content (AvgIpc) is 3.00. The lowest BCUT2D eigenvalue weighted by atomic mass is 10.0. The van der Waals surface area contributed by atoms with Gasteiger partial charge in [0.05, 0.1) is 5.57 Å². The standard InChI is InChI=1S/C24H27ClN4O2/c1-3-12-29-23(30)21(17-4-6-18(25)7-5-17)22(24(29)31)26-19-8-10-20(11-9-19)28-15-13-27(2)14-16-28/h4-11,26H,3,12-16H2,1-2H3. The Bertz CT molecular complexity index is 993. The van der Waals surface area contributed by atoms with Gasteiger partial charge in [-0.3, -0.25) is 14.5 Å². The van der Waals surface area contributed by atoms with Crippen molar-refractivity contribution in [1.29, 1.82) is 0 Å². The minimum atomic E-state index is -0.292. The zero-order chi connectivity index (χ0) is 22.0. The third-order valence-electron chi connectivity index (χ3n) is 5.75. The Balaban J connectivity index is 1.61. The van der Waals surface area contributed by atoms with E-state index in [1.165, 1.54) is 4.90 Å². The SMILES string of the molecule is CCCN1C(=O)C(Nc2ccc(N3CCN(C)CC3)cc2)=C(c2ccc(Cl)cc2)C1=O. The second-order valence-electron chi connectivity index (χ2n) is 7.98. The smallest absolute Gasteiger partial charge is 0.278 e. The molecule has 2 amide bonds. The first-order valence-electron chi connectivity index (χ1n) is 10.6. The lowest BCUT2D eigenvalue weighted by Gasteiger charge is -2.34. The van der Waals surface area contributed by atoms with Gasteiger partial charge in [0.25, 0.3) is 11.8 Å². The fourth-order valence-corrected chi connectivity index (χ4v) is 4.09. The number of benzene rings is 2. The minimum Gasteiger partial charge on any atom is -0.369 e. The molecule has 2 heterocycles. The van der Waals surface area contributed by atoms with Crippen LogP contribution in [-0.4, -0.2) is 61.4 Å². The zero-order valence-corrected chi connectivity index (χ0v) is 18.7. The predicted molar refractivity (Wildman–Crippen MR) is 125 cm³/mol. The monoisotopic (exact) mass is 438 g/mol. The number of nitrogens with zero attached hydrogens (tertiary/aromatic N) is 3. The average molecular weight is 439 g/mol. The highest BCUT2D eigenvalue weighted by molar-refractivity contribution is 6.36. The first kappa shape index (κ1) is 21.4. The Labute approximate surface area is 188 Å². The number of imide groups is 1. The van der Waals surface area contributed by atoms with E-state index < -0.39 is 0 Å². The maximum Gasteiger partial charge on any atom is 0.278 e. The van der Waals surface area contributed by atoms with Crippen molar-refractivity contribution in [3.8, 4) is 0 Å². The number of hydrogen-bond acceptors (Lipinski definition) is 5. The van der Waals surface area contributed by atoms with E-state index in [4.69, 9.17) is 11.6 Å². The summed E-state index contributed by atoms with van der Waals surface area (Å²) in [5, 5.41) is 3.80. The Kier molecular flexibility index (Phi) is 6.30. The normalized spacial score (nSPS) is 17.6. The van der Waals surface area contributed by atoms with E-state index in [2.05, 4.69) is 34.3 Å². The van der Waals surface area contributed by atoms with Crippen LogP contribution < -0.4 is 10.2 Å². The van der Waals surface area contributed by atoms with Crippen LogP contribution in [0.2, 0.25) is 5.02 Å². The van der Waals surface area contributed by atoms with Crippen LogP contribution in [0.25, 0.3) is 5.57 Å². The van der Waals surface area contributed by atoms with Gasteiger partial charge in [0.1, 0.15) is 5.70 Å². The summed E-state index contributed by atoms with van der Waals surface area (Å²) in [6.07, 6.45) is 0.707. The lowest BCUT2D eigenvalue weighted by molar-refractivity contribution is -0.136. The summed E-state index contributed by atoms with van der Waals surface area (Å²) < 4.78 is 0. The molecule has 0 spiro atoms. The molecule has 0 atom stereocenters. The summed E-state index contributed by atoms with van der Waals surface area (Å²) in [7, 11) is 2.14. The molecule has 0 aromatic heterocycles. The van der Waals surface area contributed by atoms with Crippen LogP contribution in [0.3, 0.4) is 0 Å². The first-order chi connectivity index (χ1) is 15.0. The van der Waals surface area contributed by atoms with Crippen molar-refractivity contribution >= 4 is 40.4 Å². The summed E-state index contributed by atoms with van der Waals surface area (Å²) >= 11 is 6.01. The topological polar surface area (TPSA) is 55.9 Å². The van der Waals surface area contributed by atoms with Crippen molar-refractivity contribution in [3.05, 3.63) is 64.8 Å². The predicted octanol–water partition coefficient (Wildman–Crippen LogP) is 3.69. The molecule has 162 valence electrons. The lowest BCUT2D eigenvalue weighted by Crippen LogP contribution is -2.44. The second-order valence-corrected chi connectivity index (χ2v) is 8.42. The maximum absolute atomic E-state index is 13.1. The van der Waals surface area contributed by atoms with E-state index in [9.17, 15) is 9.59 Å². The molecule has 0 bridgehead atoms. The summed E-state index contributed by atoms with van der Waals surface area (Å²) in [5.41, 5.74) is 3.31. The molecule has 4 rings (SSSR count). The molecule has 7 heteroatoms. The molecule has 0 aliphatic carbocycles. The van der Waals surface area contributed by atoms with Gasteiger partial charge in [0.2, 0.25) is 0 Å². The van der Waals surface area contributed by atoms with Gasteiger partial charge in [-0.05, 0) is 55.4 Å². The molecule has 31 heavy (non-hydrogen) atoms. The van der Waals surface area contributed by atoms with Crippen LogP contribution in [0.1, 0.15) is 18.9 Å². The molecule has 0 saturated carbocycles. The third-order valence-corrected chi connectivity index (χ3v) is 6.01. The quantitative estimate of drug-likeness (QED) is 0.697. The summed E-state index contributed by atoms with van der Waals surface area (Å²) in [6.45, 7) is 6.41. The summed E-state index contributed by atoms with van der Waals surface area (Å²) in [4.78, 5) is 32.1. The molecule has 2 aliphatic heterocycles. The van der Waals surface area contributed by atoms with Crippen molar-refractivity contribution in [1.82, 2.24) is 9.80 Å². The van der Waals surface area contributed by atoms with E-state index in [0.29, 0.717) is 34.8 Å². The van der Waals surface area contributed by atoms with Gasteiger partial charge in [-0.15, -0.1) is 0 Å². The Morgan fingerprint density at radius 3 is 2.16 bits per heavy atom. The van der Waals surface area contributed by atoms with Crippen molar-refractivity contribution in [2.75, 3.05) is 50.0 Å². The van der Waals surface area contributed by atoms with Gasteiger partial charge >= 0.3 is 0 Å². The fourth-order valence-electron chi connectivity index (χ4n) is 3.97. The van der Waals surface area contributed by atoms with E-state index in [0.717, 1.165) is 37.6 Å². The summed E-state index contributed by atoms with van der Waals surface area (Å²) in [6, 6.07) is 15.0. The number of likely N-dealkylation sites (N-methyl/N-ethyl adjacent to an activating group) is 1. The van der Waals surface area contributed by atoms with Gasteiger partial charge in [-0.1, -0.05) is 30.7 Å². The number of carbonyl (C=O) groups excluding carboxylic acids is 2. The number of halogens is 1. The highest BCUT2D eigenvalue weighted by atomic mass is 35.5. The fraction of sp³-hybridized carbons (Fsp3) is 0.333. The van der Waals surface area contributed by atoms with Crippen LogP contribution in [0.15, 0.2) is 54.2 Å². The van der Waals surface area contributed by atoms with Crippen LogP contribution in [0.4, 0.5) is 11.4 Å². The Morgan fingerprint density at radius 1 is 0.903 bits per heavy atom. The molecule has 1 N–H and O–H groups in total. The van der Waals surface area contributed by atoms with E-state index in [1.807, 2.05) is 19.1 Å². The number of hydrogen-bond donors (Lipinski definition) is 1. The van der Waals surface area contributed by atoms with Gasteiger partial charge in [0.15, 0.2) is 0 Å². The van der Waals surface area contributed by atoms with Crippen LogP contribution in [0, 0.1) is 0 Å². The number of piperazine rings is 1. The van der Waals surface area contributed by atoms with Gasteiger partial charge in [-0.25, -0.2) is 0 Å². The van der Waals surface area contributed by atoms with Gasteiger partial charge < -0.3 is 15.1 Å². The van der Waals surface area contributed by atoms with Crippen molar-refractivity contribution in [3.63, 3.8) is 0 Å². The molecule has 2 aromatic carbocycles. The summed E-state index contributed by atoms with van der Waals surface area (Å²) in [5.74, 6) is -0.564. The highest BCUT2D eigenvalue weighted by Gasteiger charge is 2.38. The Hall–Kier alpha value is -2.83. The molecular formula is C24H27ClN4O2. The number of anilines is 2. The molecule has 6 nitrogen and oxygen atoms in total. The third kappa shape index (κ3) is 4.45. The van der Waals surface area contributed by atoms with Crippen molar-refractivity contribution < 1.29 is 9.59 Å². The molecular weight excluding hydrogens is 412 g/mol. The van der Waals surface area contributed by atoms with Crippen LogP contribution in [0.5, 0.6) is 0 Å². The molecule has 2 aromatic rings. The van der Waals surface area contributed by atoms with E-state index >= 15 is 0 Å². The molecule has 1 saturated heterocycles. The van der Waals surface area contributed by atoms with Crippen molar-refractivity contribution in [2.45, 2.75) is 13.3 Å². The number of rotatable bonds is 6. The van der Waals surface area contributed by atoms with Gasteiger partial charge in [0, 0.05) is 49.1 Å². The number of amides is 2. The zero-order valence-electron chi connectivity index (χ0n) is 17.9. The number of nitrogens with one attached hydrogen (secondary N) is 1. The largest absolute Gasteiger partial charge is 0.369 e. The van der Waals surface area contributed by atoms with Crippen LogP contribution >= 0.6 is 11.6 Å². The maximum atomic E-state index is 13.1. The van der Waals surface area contributed by atoms with Crippen LogP contribution in [-0.2, 0) is 9.59 Å². The van der Waals surface area contributed by atoms with Gasteiger partial charge in [-0.2, -0.15) is 0 Å². The highest BCUT2D eigenvalue weighted by Crippen LogP contribution is 2.31. The number of carbonyl (C=O) groups is 2. The van der Waals surface area contributed by atoms with E-state index in [-0.39, 0.29) is 11.8 Å². The second kappa shape index (κ2) is 9.12. The minimum absolute atomic E-state index is 0.272. The molecule has 0 radical (unpaired) electrons. The molecule has 0 unspecified atom stereocenters. The van der Waals surface area contributed by atoms with E-state index in [1.54, 1.807) is 24.3 Å². The molecule has 1 fully saturated rings.